The van der Waals surface area contributed by atoms with Crippen LogP contribution in [0, 0.1) is 0 Å². The number of unbranched alkanes of at least 4 members (excludes halogenated alkanes) is 1. The van der Waals surface area contributed by atoms with E-state index < -0.39 is 0 Å². The Hall–Kier alpha value is -0.940. The average Bonchev–Trinajstić information content (AvgIpc) is 2.64. The van der Waals surface area contributed by atoms with E-state index in [0.29, 0.717) is 6.54 Å². The molecule has 0 radical (unpaired) electrons. The Kier molecular flexibility index (Phi) is 4.12. The Labute approximate surface area is 109 Å². The highest BCUT2D eigenvalue weighted by Gasteiger charge is 2.11. The Balaban J connectivity index is 2.45. The van der Waals surface area contributed by atoms with Gasteiger partial charge in [-0.2, -0.15) is 0 Å². The summed E-state index contributed by atoms with van der Waals surface area (Å²) in [6, 6.07) is 2.00. The van der Waals surface area contributed by atoms with Crippen LogP contribution >= 0.6 is 15.9 Å². The molecule has 2 aromatic heterocycles. The molecular weight excluding hydrogens is 280 g/mol. The van der Waals surface area contributed by atoms with Gasteiger partial charge < -0.3 is 10.3 Å². The highest BCUT2D eigenvalue weighted by molar-refractivity contribution is 9.10. The monoisotopic (exact) mass is 296 g/mol. The topological polar surface area (TPSA) is 56.7 Å². The van der Waals surface area contributed by atoms with E-state index in [4.69, 9.17) is 5.73 Å². The van der Waals surface area contributed by atoms with Gasteiger partial charge in [-0.25, -0.2) is 9.97 Å². The van der Waals surface area contributed by atoms with Crippen LogP contribution in [0.1, 0.15) is 25.6 Å². The summed E-state index contributed by atoms with van der Waals surface area (Å²) in [6.07, 6.45) is 5.11. The van der Waals surface area contributed by atoms with Crippen molar-refractivity contribution in [1.29, 1.82) is 0 Å². The minimum Gasteiger partial charge on any atom is -0.329 e. The number of nitrogens with two attached hydrogens (primary N) is 1. The molecule has 0 atom stereocenters. The van der Waals surface area contributed by atoms with E-state index in [1.54, 1.807) is 6.20 Å². The summed E-state index contributed by atoms with van der Waals surface area (Å²) in [5.41, 5.74) is 7.53. The van der Waals surface area contributed by atoms with Crippen molar-refractivity contribution in [2.75, 3.05) is 6.54 Å². The first-order valence-electron chi connectivity index (χ1n) is 5.97. The molecule has 0 aliphatic carbocycles. The van der Waals surface area contributed by atoms with Crippen molar-refractivity contribution in [3.8, 4) is 0 Å². The minimum absolute atomic E-state index is 0.613. The van der Waals surface area contributed by atoms with Crippen molar-refractivity contribution in [2.24, 2.45) is 5.73 Å². The van der Waals surface area contributed by atoms with Crippen LogP contribution in [0.25, 0.3) is 11.2 Å². The van der Waals surface area contributed by atoms with Gasteiger partial charge in [-0.3, -0.25) is 0 Å². The summed E-state index contributed by atoms with van der Waals surface area (Å²) in [5.74, 6) is 1.10. The van der Waals surface area contributed by atoms with Gasteiger partial charge in [0.25, 0.3) is 0 Å². The van der Waals surface area contributed by atoms with Crippen LogP contribution < -0.4 is 5.73 Å². The first-order chi connectivity index (χ1) is 8.26. The van der Waals surface area contributed by atoms with Gasteiger partial charge in [-0.05, 0) is 28.4 Å². The molecule has 2 rings (SSSR count). The van der Waals surface area contributed by atoms with Crippen LogP contribution in [0.3, 0.4) is 0 Å². The van der Waals surface area contributed by atoms with Crippen molar-refractivity contribution in [3.05, 3.63) is 22.6 Å². The number of nitrogens with zero attached hydrogens (tertiary/aromatic N) is 3. The van der Waals surface area contributed by atoms with Crippen LogP contribution in [0.4, 0.5) is 0 Å². The molecule has 0 bridgehead atoms. The number of hydrogen-bond acceptors (Lipinski definition) is 3. The maximum Gasteiger partial charge on any atom is 0.160 e. The molecule has 2 N–H and O–H groups in total. The highest BCUT2D eigenvalue weighted by atomic mass is 79.9. The fraction of sp³-hybridized carbons (Fsp3) is 0.500. The van der Waals surface area contributed by atoms with Crippen molar-refractivity contribution in [2.45, 2.75) is 32.7 Å². The lowest BCUT2D eigenvalue weighted by Gasteiger charge is -2.06. The Morgan fingerprint density at radius 2 is 2.29 bits per heavy atom. The second-order valence-electron chi connectivity index (χ2n) is 4.07. The number of imidazole rings is 1. The number of rotatable bonds is 5. The summed E-state index contributed by atoms with van der Waals surface area (Å²) < 4.78 is 3.10. The minimum atomic E-state index is 0.613. The van der Waals surface area contributed by atoms with Crippen molar-refractivity contribution < 1.29 is 0 Å². The number of fused-ring (bicyclic) bond motifs is 1. The lowest BCUT2D eigenvalue weighted by Crippen LogP contribution is -2.13. The second-order valence-corrected chi connectivity index (χ2v) is 4.98. The number of aromatic nitrogens is 3. The molecule has 2 aromatic rings. The van der Waals surface area contributed by atoms with Gasteiger partial charge in [0, 0.05) is 30.2 Å². The van der Waals surface area contributed by atoms with Crippen molar-refractivity contribution in [3.63, 3.8) is 0 Å². The molecule has 0 aliphatic rings. The zero-order valence-corrected chi connectivity index (χ0v) is 11.6. The number of hydrogen-bond donors (Lipinski definition) is 1. The highest BCUT2D eigenvalue weighted by Crippen LogP contribution is 2.19. The lowest BCUT2D eigenvalue weighted by molar-refractivity contribution is 0.647. The average molecular weight is 297 g/mol. The van der Waals surface area contributed by atoms with Crippen molar-refractivity contribution >= 4 is 27.1 Å². The van der Waals surface area contributed by atoms with Gasteiger partial charge in [0.05, 0.1) is 0 Å². The predicted octanol–water partition coefficient (Wildman–Crippen LogP) is 2.50. The fourth-order valence-electron chi connectivity index (χ4n) is 1.92. The van der Waals surface area contributed by atoms with E-state index in [1.807, 2.05) is 6.07 Å². The molecule has 0 amide bonds. The predicted molar refractivity (Wildman–Crippen MR) is 72.9 cm³/mol. The normalized spacial score (nSPS) is 11.2. The molecule has 0 unspecified atom stereocenters. The Morgan fingerprint density at radius 1 is 1.47 bits per heavy atom. The summed E-state index contributed by atoms with van der Waals surface area (Å²) >= 11 is 3.42. The zero-order valence-electron chi connectivity index (χ0n) is 9.99. The van der Waals surface area contributed by atoms with Gasteiger partial charge in [0.2, 0.25) is 0 Å². The van der Waals surface area contributed by atoms with E-state index in [1.165, 1.54) is 6.42 Å². The maximum absolute atomic E-state index is 5.65. The molecule has 0 saturated carbocycles. The number of aryl methyl sites for hydroxylation is 1. The molecule has 0 aromatic carbocycles. The third-order valence-corrected chi connectivity index (χ3v) is 3.17. The Morgan fingerprint density at radius 3 is 3.00 bits per heavy atom. The molecule has 0 saturated heterocycles. The smallest absolute Gasteiger partial charge is 0.160 e. The first kappa shape index (κ1) is 12.5. The summed E-state index contributed by atoms with van der Waals surface area (Å²) in [6.45, 7) is 3.58. The van der Waals surface area contributed by atoms with Crippen LogP contribution in [0.5, 0.6) is 0 Å². The maximum atomic E-state index is 5.65. The molecule has 2 heterocycles. The SMILES string of the molecule is CCCCc1nc2cc(Br)cnc2n1CCN. The van der Waals surface area contributed by atoms with Crippen LogP contribution in [0.15, 0.2) is 16.7 Å². The molecule has 5 heteroatoms. The van der Waals surface area contributed by atoms with Gasteiger partial charge in [0.1, 0.15) is 11.3 Å². The second kappa shape index (κ2) is 5.60. The number of pyridine rings is 1. The van der Waals surface area contributed by atoms with E-state index >= 15 is 0 Å². The number of halogens is 1. The summed E-state index contributed by atoms with van der Waals surface area (Å²) in [5, 5.41) is 0. The van der Waals surface area contributed by atoms with Crippen LogP contribution in [-0.2, 0) is 13.0 Å². The summed E-state index contributed by atoms with van der Waals surface area (Å²) in [7, 11) is 0. The molecule has 0 spiro atoms. The third kappa shape index (κ3) is 2.66. The van der Waals surface area contributed by atoms with Gasteiger partial charge in [0.15, 0.2) is 5.65 Å². The van der Waals surface area contributed by atoms with E-state index in [-0.39, 0.29) is 0 Å². The largest absolute Gasteiger partial charge is 0.329 e. The van der Waals surface area contributed by atoms with Crippen LogP contribution in [-0.4, -0.2) is 21.1 Å². The molecule has 92 valence electrons. The summed E-state index contributed by atoms with van der Waals surface area (Å²) in [4.78, 5) is 9.07. The zero-order chi connectivity index (χ0) is 12.3. The standard InChI is InChI=1S/C12H17BrN4/c1-2-3-4-11-16-10-7-9(13)8-15-12(10)17(11)6-5-14/h7-8H,2-6,14H2,1H3. The van der Waals surface area contributed by atoms with Gasteiger partial charge >= 0.3 is 0 Å². The molecular formula is C12H17BrN4. The quantitative estimate of drug-likeness (QED) is 0.922. The van der Waals surface area contributed by atoms with Gasteiger partial charge in [-0.1, -0.05) is 13.3 Å². The molecule has 4 nitrogen and oxygen atoms in total. The molecule has 17 heavy (non-hydrogen) atoms. The van der Waals surface area contributed by atoms with Gasteiger partial charge in [-0.15, -0.1) is 0 Å². The molecule has 0 aliphatic heterocycles. The first-order valence-corrected chi connectivity index (χ1v) is 6.76. The fourth-order valence-corrected chi connectivity index (χ4v) is 2.24. The van der Waals surface area contributed by atoms with Crippen LogP contribution in [0.2, 0.25) is 0 Å². The van der Waals surface area contributed by atoms with Crippen molar-refractivity contribution in [1.82, 2.24) is 14.5 Å². The van der Waals surface area contributed by atoms with E-state index in [0.717, 1.165) is 40.8 Å². The van der Waals surface area contributed by atoms with E-state index in [2.05, 4.69) is 37.4 Å². The lowest BCUT2D eigenvalue weighted by atomic mass is 10.2. The third-order valence-electron chi connectivity index (χ3n) is 2.74. The molecule has 0 fully saturated rings. The van der Waals surface area contributed by atoms with E-state index in [9.17, 15) is 0 Å². The Bertz CT molecular complexity index is 506.